The largest absolute Gasteiger partial charge is 0.365 e. The molecule has 0 unspecified atom stereocenters. The minimum atomic E-state index is 0.378. The van der Waals surface area contributed by atoms with Gasteiger partial charge in [-0.3, -0.25) is 4.68 Å². The van der Waals surface area contributed by atoms with E-state index in [4.69, 9.17) is 0 Å². The van der Waals surface area contributed by atoms with Crippen LogP contribution in [0.15, 0.2) is 43.0 Å². The molecule has 102 valence electrons. The summed E-state index contributed by atoms with van der Waals surface area (Å²) in [6.07, 6.45) is 5.53. The molecule has 0 atom stereocenters. The lowest BCUT2D eigenvalue weighted by molar-refractivity contribution is 0.532. The van der Waals surface area contributed by atoms with E-state index in [0.29, 0.717) is 12.6 Å². The van der Waals surface area contributed by atoms with Gasteiger partial charge in [0.25, 0.3) is 0 Å². The van der Waals surface area contributed by atoms with Gasteiger partial charge in [-0.15, -0.1) is 0 Å². The number of rotatable bonds is 4. The maximum Gasteiger partial charge on any atom is 0.137 e. The number of nitrogens with one attached hydrogen (secondary N) is 1. The van der Waals surface area contributed by atoms with Crippen LogP contribution in [-0.4, -0.2) is 19.7 Å². The number of benzene rings is 1. The summed E-state index contributed by atoms with van der Waals surface area (Å²) in [6.45, 7) is 4.93. The van der Waals surface area contributed by atoms with E-state index < -0.39 is 0 Å². The molecular formula is C15H17N5. The molecule has 5 heteroatoms. The second-order valence-electron chi connectivity index (χ2n) is 5.02. The number of para-hydroxylation sites is 1. The van der Waals surface area contributed by atoms with Gasteiger partial charge in [0.15, 0.2) is 0 Å². The monoisotopic (exact) mass is 267 g/mol. The van der Waals surface area contributed by atoms with Crippen molar-refractivity contribution in [3.63, 3.8) is 0 Å². The molecule has 0 bridgehead atoms. The van der Waals surface area contributed by atoms with Crippen molar-refractivity contribution < 1.29 is 0 Å². The predicted octanol–water partition coefficient (Wildman–Crippen LogP) is 3.02. The number of hydrogen-bond donors (Lipinski definition) is 1. The molecule has 3 rings (SSSR count). The Balaban J connectivity index is 1.79. The van der Waals surface area contributed by atoms with Crippen LogP contribution in [0, 0.1) is 0 Å². The van der Waals surface area contributed by atoms with E-state index in [1.165, 1.54) is 0 Å². The number of nitrogens with zero attached hydrogens (tertiary/aromatic N) is 4. The molecule has 1 aromatic carbocycles. The zero-order chi connectivity index (χ0) is 13.9. The third kappa shape index (κ3) is 2.47. The Morgan fingerprint density at radius 2 is 2.05 bits per heavy atom. The van der Waals surface area contributed by atoms with Crippen molar-refractivity contribution in [2.24, 2.45) is 0 Å². The summed E-state index contributed by atoms with van der Waals surface area (Å²) in [7, 11) is 0. The molecule has 5 nitrogen and oxygen atoms in total. The van der Waals surface area contributed by atoms with Gasteiger partial charge >= 0.3 is 0 Å². The third-order valence-electron chi connectivity index (χ3n) is 3.19. The first-order valence-electron chi connectivity index (χ1n) is 6.70. The number of fused-ring (bicyclic) bond motifs is 1. The van der Waals surface area contributed by atoms with Crippen LogP contribution in [0.4, 0.5) is 5.82 Å². The van der Waals surface area contributed by atoms with Crippen molar-refractivity contribution >= 4 is 16.7 Å². The van der Waals surface area contributed by atoms with Gasteiger partial charge in [0.05, 0.1) is 11.7 Å². The van der Waals surface area contributed by atoms with Crippen LogP contribution in [0.2, 0.25) is 0 Å². The van der Waals surface area contributed by atoms with E-state index >= 15 is 0 Å². The highest BCUT2D eigenvalue weighted by Gasteiger charge is 2.04. The average Bonchev–Trinajstić information content (AvgIpc) is 2.94. The lowest BCUT2D eigenvalue weighted by atomic mass is 10.2. The second kappa shape index (κ2) is 5.28. The minimum absolute atomic E-state index is 0.378. The van der Waals surface area contributed by atoms with Crippen LogP contribution in [0.5, 0.6) is 0 Å². The van der Waals surface area contributed by atoms with Gasteiger partial charge < -0.3 is 5.32 Å². The number of anilines is 1. The zero-order valence-electron chi connectivity index (χ0n) is 11.6. The molecule has 1 N–H and O–H groups in total. The van der Waals surface area contributed by atoms with E-state index in [1.54, 1.807) is 6.33 Å². The normalized spacial score (nSPS) is 11.2. The van der Waals surface area contributed by atoms with Crippen molar-refractivity contribution in [1.82, 2.24) is 19.7 Å². The molecule has 0 spiro atoms. The summed E-state index contributed by atoms with van der Waals surface area (Å²) in [6, 6.07) is 8.36. The van der Waals surface area contributed by atoms with Crippen LogP contribution in [-0.2, 0) is 6.54 Å². The van der Waals surface area contributed by atoms with E-state index in [-0.39, 0.29) is 0 Å². The fraction of sp³-hybridized carbons (Fsp3) is 0.267. The SMILES string of the molecule is CC(C)n1cc(CNc2ncnc3ccccc23)cn1. The molecule has 0 aliphatic rings. The summed E-state index contributed by atoms with van der Waals surface area (Å²) < 4.78 is 1.95. The van der Waals surface area contributed by atoms with Crippen LogP contribution >= 0.6 is 0 Å². The molecule has 0 aliphatic heterocycles. The predicted molar refractivity (Wildman–Crippen MR) is 79.5 cm³/mol. The molecule has 0 aliphatic carbocycles. The van der Waals surface area contributed by atoms with E-state index in [9.17, 15) is 0 Å². The van der Waals surface area contributed by atoms with Crippen LogP contribution in [0.1, 0.15) is 25.5 Å². The summed E-state index contributed by atoms with van der Waals surface area (Å²) in [4.78, 5) is 8.57. The van der Waals surface area contributed by atoms with Gasteiger partial charge in [0.1, 0.15) is 12.1 Å². The summed E-state index contributed by atoms with van der Waals surface area (Å²) in [5, 5.41) is 8.72. The fourth-order valence-electron chi connectivity index (χ4n) is 2.08. The van der Waals surface area contributed by atoms with Crippen LogP contribution in [0.25, 0.3) is 10.9 Å². The first-order chi connectivity index (χ1) is 9.74. The van der Waals surface area contributed by atoms with Gasteiger partial charge in [-0.25, -0.2) is 9.97 Å². The summed E-state index contributed by atoms with van der Waals surface area (Å²) in [5.41, 5.74) is 2.09. The molecule has 3 aromatic rings. The van der Waals surface area contributed by atoms with Crippen molar-refractivity contribution in [2.75, 3.05) is 5.32 Å². The molecule has 2 heterocycles. The molecule has 0 amide bonds. The molecule has 20 heavy (non-hydrogen) atoms. The van der Waals surface area contributed by atoms with Gasteiger partial charge in [-0.2, -0.15) is 5.10 Å². The Morgan fingerprint density at radius 3 is 2.85 bits per heavy atom. The molecule has 0 saturated carbocycles. The van der Waals surface area contributed by atoms with Crippen molar-refractivity contribution in [2.45, 2.75) is 26.4 Å². The molecule has 0 radical (unpaired) electrons. The third-order valence-corrected chi connectivity index (χ3v) is 3.19. The average molecular weight is 267 g/mol. The first-order valence-corrected chi connectivity index (χ1v) is 6.70. The highest BCUT2D eigenvalue weighted by Crippen LogP contribution is 2.19. The maximum absolute atomic E-state index is 4.33. The smallest absolute Gasteiger partial charge is 0.137 e. The van der Waals surface area contributed by atoms with Gasteiger partial charge in [0.2, 0.25) is 0 Å². The molecule has 0 fully saturated rings. The van der Waals surface area contributed by atoms with E-state index in [2.05, 4.69) is 40.4 Å². The van der Waals surface area contributed by atoms with Crippen molar-refractivity contribution in [3.05, 3.63) is 48.5 Å². The van der Waals surface area contributed by atoms with Crippen LogP contribution in [0.3, 0.4) is 0 Å². The Labute approximate surface area is 117 Å². The molecule has 2 aromatic heterocycles. The second-order valence-corrected chi connectivity index (χ2v) is 5.02. The lowest BCUT2D eigenvalue weighted by Crippen LogP contribution is -2.03. The van der Waals surface area contributed by atoms with Crippen LogP contribution < -0.4 is 5.32 Å². The minimum Gasteiger partial charge on any atom is -0.365 e. The standard InChI is InChI=1S/C15H17N5/c1-11(2)20-9-12(8-19-20)7-16-15-13-5-3-4-6-14(13)17-10-18-15/h3-6,8-11H,7H2,1-2H3,(H,16,17,18). The quantitative estimate of drug-likeness (QED) is 0.789. The number of hydrogen-bond acceptors (Lipinski definition) is 4. The topological polar surface area (TPSA) is 55.6 Å². The van der Waals surface area contributed by atoms with E-state index in [1.807, 2.05) is 35.1 Å². The lowest BCUT2D eigenvalue weighted by Gasteiger charge is -2.07. The van der Waals surface area contributed by atoms with Gasteiger partial charge in [-0.1, -0.05) is 12.1 Å². The zero-order valence-corrected chi connectivity index (χ0v) is 11.6. The number of aromatic nitrogens is 4. The van der Waals surface area contributed by atoms with Crippen molar-refractivity contribution in [3.8, 4) is 0 Å². The van der Waals surface area contributed by atoms with Gasteiger partial charge in [-0.05, 0) is 26.0 Å². The Hall–Kier alpha value is -2.43. The highest BCUT2D eigenvalue weighted by atomic mass is 15.3. The first kappa shape index (κ1) is 12.6. The fourth-order valence-corrected chi connectivity index (χ4v) is 2.08. The molecular weight excluding hydrogens is 250 g/mol. The Bertz CT molecular complexity index is 712. The summed E-state index contributed by atoms with van der Waals surface area (Å²) >= 11 is 0. The van der Waals surface area contributed by atoms with Crippen molar-refractivity contribution in [1.29, 1.82) is 0 Å². The van der Waals surface area contributed by atoms with Gasteiger partial charge in [0, 0.05) is 29.7 Å². The molecule has 0 saturated heterocycles. The maximum atomic E-state index is 4.33. The van der Waals surface area contributed by atoms with E-state index in [0.717, 1.165) is 22.3 Å². The highest BCUT2D eigenvalue weighted by molar-refractivity contribution is 5.88. The Kier molecular flexibility index (Phi) is 3.33. The summed E-state index contributed by atoms with van der Waals surface area (Å²) in [5.74, 6) is 0.855. The Morgan fingerprint density at radius 1 is 1.20 bits per heavy atom.